The number of benzene rings is 1. The molecule has 0 unspecified atom stereocenters. The quantitative estimate of drug-likeness (QED) is 0.733. The van der Waals surface area contributed by atoms with Gasteiger partial charge in [-0.25, -0.2) is 0 Å². The van der Waals surface area contributed by atoms with Gasteiger partial charge in [0.1, 0.15) is 5.82 Å². The third-order valence-electron chi connectivity index (χ3n) is 3.95. The largest absolute Gasteiger partial charge is 0.416 e. The van der Waals surface area contributed by atoms with Crippen molar-refractivity contribution in [3.63, 3.8) is 0 Å². The van der Waals surface area contributed by atoms with E-state index in [1.165, 1.54) is 11.8 Å². The second kappa shape index (κ2) is 7.11. The van der Waals surface area contributed by atoms with Crippen LogP contribution in [0.1, 0.15) is 37.2 Å². The molecule has 0 bridgehead atoms. The van der Waals surface area contributed by atoms with Crippen molar-refractivity contribution in [3.8, 4) is 0 Å². The summed E-state index contributed by atoms with van der Waals surface area (Å²) in [5, 5.41) is 10.7. The number of nitrogens with zero attached hydrogens (tertiary/aromatic N) is 3. The topological polar surface area (TPSA) is 59.8 Å². The fourth-order valence-corrected chi connectivity index (χ4v) is 3.56. The van der Waals surface area contributed by atoms with Crippen LogP contribution in [0.3, 0.4) is 0 Å². The molecule has 1 atom stereocenters. The van der Waals surface area contributed by atoms with E-state index in [1.54, 1.807) is 6.92 Å². The van der Waals surface area contributed by atoms with Gasteiger partial charge in [0.25, 0.3) is 0 Å². The van der Waals surface area contributed by atoms with E-state index in [-0.39, 0.29) is 10.7 Å². The summed E-state index contributed by atoms with van der Waals surface area (Å²) < 4.78 is 40.5. The highest BCUT2D eigenvalue weighted by molar-refractivity contribution is 8.00. The van der Waals surface area contributed by atoms with Crippen molar-refractivity contribution in [1.29, 1.82) is 0 Å². The molecular weight excluding hydrogens is 389 g/mol. The number of aryl methyl sites for hydroxylation is 1. The lowest BCUT2D eigenvalue weighted by Crippen LogP contribution is -2.23. The Hall–Kier alpha value is -1.74. The molecule has 5 nitrogen and oxygen atoms in total. The molecule has 10 heteroatoms. The lowest BCUT2D eigenvalue weighted by Gasteiger charge is -2.15. The average molecular weight is 405 g/mol. The van der Waals surface area contributed by atoms with Crippen LogP contribution in [0.2, 0.25) is 5.02 Å². The van der Waals surface area contributed by atoms with Crippen LogP contribution in [0.15, 0.2) is 23.4 Å². The summed E-state index contributed by atoms with van der Waals surface area (Å²) in [7, 11) is 0. The van der Waals surface area contributed by atoms with Gasteiger partial charge in [-0.15, -0.1) is 10.2 Å². The molecule has 1 aromatic heterocycles. The second-order valence-corrected chi connectivity index (χ2v) is 7.79. The smallest absolute Gasteiger partial charge is 0.324 e. The molecule has 2 aromatic rings. The number of carbonyl (C=O) groups is 1. The van der Waals surface area contributed by atoms with E-state index in [0.717, 1.165) is 36.9 Å². The SMILES string of the molecule is Cc1nnc(S[C@H](C)C(=O)Nc2cc(C(F)(F)F)ccc2Cl)n1C1CC1. The van der Waals surface area contributed by atoms with Crippen molar-refractivity contribution < 1.29 is 18.0 Å². The molecule has 1 saturated carbocycles. The summed E-state index contributed by atoms with van der Waals surface area (Å²) in [5.41, 5.74) is -0.944. The Bertz CT molecular complexity index is 835. The number of halogens is 4. The zero-order valence-corrected chi connectivity index (χ0v) is 15.5. The van der Waals surface area contributed by atoms with E-state index in [0.29, 0.717) is 11.2 Å². The van der Waals surface area contributed by atoms with Gasteiger partial charge in [-0.05, 0) is 44.9 Å². The summed E-state index contributed by atoms with van der Waals surface area (Å²) >= 11 is 7.13. The minimum Gasteiger partial charge on any atom is -0.324 e. The van der Waals surface area contributed by atoms with Crippen molar-refractivity contribution in [3.05, 3.63) is 34.6 Å². The van der Waals surface area contributed by atoms with Gasteiger partial charge in [-0.3, -0.25) is 4.79 Å². The first kappa shape index (κ1) is 19.0. The Morgan fingerprint density at radius 1 is 1.38 bits per heavy atom. The number of aromatic nitrogens is 3. The molecule has 1 amide bonds. The van der Waals surface area contributed by atoms with Crippen LogP contribution in [0.25, 0.3) is 0 Å². The molecule has 0 spiro atoms. The van der Waals surface area contributed by atoms with Crippen molar-refractivity contribution in [1.82, 2.24) is 14.8 Å². The number of hydrogen-bond donors (Lipinski definition) is 1. The maximum Gasteiger partial charge on any atom is 0.416 e. The maximum absolute atomic E-state index is 12.8. The van der Waals surface area contributed by atoms with E-state index in [2.05, 4.69) is 15.5 Å². The molecule has 1 aliphatic carbocycles. The normalized spacial score (nSPS) is 15.8. The predicted octanol–water partition coefficient (Wildman–Crippen LogP) is 4.71. The Kier molecular flexibility index (Phi) is 5.21. The van der Waals surface area contributed by atoms with Gasteiger partial charge in [0.15, 0.2) is 5.16 Å². The average Bonchev–Trinajstić information content (AvgIpc) is 3.32. The summed E-state index contributed by atoms with van der Waals surface area (Å²) in [6, 6.07) is 3.18. The molecule has 140 valence electrons. The fourth-order valence-electron chi connectivity index (χ4n) is 2.43. The Labute approximate surface area is 157 Å². The van der Waals surface area contributed by atoms with E-state index < -0.39 is 22.9 Å². The second-order valence-electron chi connectivity index (χ2n) is 6.07. The zero-order chi connectivity index (χ0) is 19.1. The van der Waals surface area contributed by atoms with Crippen LogP contribution in [0.4, 0.5) is 18.9 Å². The standard InChI is InChI=1S/C16H16ClF3N4OS/c1-8(26-15-23-22-9(2)24(15)11-4-5-11)14(25)21-13-7-10(16(18,19)20)3-6-12(13)17/h3,6-8,11H,4-5H2,1-2H3,(H,21,25)/t8-/m1/s1. The number of nitrogens with one attached hydrogen (secondary N) is 1. The van der Waals surface area contributed by atoms with Gasteiger partial charge in [0.05, 0.1) is 21.5 Å². The van der Waals surface area contributed by atoms with Crippen LogP contribution in [0, 0.1) is 6.92 Å². The minimum absolute atomic E-state index is 0.0422. The highest BCUT2D eigenvalue weighted by atomic mass is 35.5. The fraction of sp³-hybridized carbons (Fsp3) is 0.438. The van der Waals surface area contributed by atoms with E-state index in [4.69, 9.17) is 11.6 Å². The summed E-state index contributed by atoms with van der Waals surface area (Å²) in [6.07, 6.45) is -2.41. The van der Waals surface area contributed by atoms with Crippen molar-refractivity contribution in [2.24, 2.45) is 0 Å². The van der Waals surface area contributed by atoms with Gasteiger partial charge < -0.3 is 9.88 Å². The predicted molar refractivity (Wildman–Crippen MR) is 93.4 cm³/mol. The molecule has 1 heterocycles. The lowest BCUT2D eigenvalue weighted by molar-refractivity contribution is -0.137. The van der Waals surface area contributed by atoms with Crippen LogP contribution in [-0.4, -0.2) is 25.9 Å². The molecule has 1 aliphatic rings. The van der Waals surface area contributed by atoms with Gasteiger partial charge in [-0.2, -0.15) is 13.2 Å². The van der Waals surface area contributed by atoms with Gasteiger partial charge >= 0.3 is 6.18 Å². The Morgan fingerprint density at radius 3 is 2.69 bits per heavy atom. The number of rotatable bonds is 5. The molecule has 26 heavy (non-hydrogen) atoms. The van der Waals surface area contributed by atoms with Crippen molar-refractivity contribution >= 4 is 35.0 Å². The van der Waals surface area contributed by atoms with Crippen molar-refractivity contribution in [2.75, 3.05) is 5.32 Å². The third-order valence-corrected chi connectivity index (χ3v) is 5.34. The van der Waals surface area contributed by atoms with Gasteiger partial charge in [0.2, 0.25) is 5.91 Å². The van der Waals surface area contributed by atoms with Crippen molar-refractivity contribution in [2.45, 2.75) is 49.3 Å². The highest BCUT2D eigenvalue weighted by Crippen LogP contribution is 2.39. The number of amides is 1. The monoisotopic (exact) mass is 404 g/mol. The van der Waals surface area contributed by atoms with E-state index in [1.807, 2.05) is 11.5 Å². The van der Waals surface area contributed by atoms with Crippen LogP contribution >= 0.6 is 23.4 Å². The first-order valence-corrected chi connectivity index (χ1v) is 9.18. The van der Waals surface area contributed by atoms with Gasteiger partial charge in [-0.1, -0.05) is 23.4 Å². The number of alkyl halides is 3. The molecule has 0 saturated heterocycles. The zero-order valence-electron chi connectivity index (χ0n) is 14.0. The summed E-state index contributed by atoms with van der Waals surface area (Å²) in [4.78, 5) is 12.4. The Morgan fingerprint density at radius 2 is 2.08 bits per heavy atom. The lowest BCUT2D eigenvalue weighted by atomic mass is 10.2. The highest BCUT2D eigenvalue weighted by Gasteiger charge is 2.32. The number of hydrogen-bond acceptors (Lipinski definition) is 4. The molecule has 3 rings (SSSR count). The molecule has 0 aliphatic heterocycles. The first-order chi connectivity index (χ1) is 12.2. The first-order valence-electron chi connectivity index (χ1n) is 7.92. The maximum atomic E-state index is 12.8. The van der Waals surface area contributed by atoms with Gasteiger partial charge in [0, 0.05) is 6.04 Å². The van der Waals surface area contributed by atoms with Crippen LogP contribution < -0.4 is 5.32 Å². The number of thioether (sulfide) groups is 1. The number of carbonyl (C=O) groups excluding carboxylic acids is 1. The van der Waals surface area contributed by atoms with E-state index in [9.17, 15) is 18.0 Å². The third kappa shape index (κ3) is 4.15. The van der Waals surface area contributed by atoms with Crippen LogP contribution in [-0.2, 0) is 11.0 Å². The minimum atomic E-state index is -4.51. The molecular formula is C16H16ClF3N4OS. The molecule has 0 radical (unpaired) electrons. The number of anilines is 1. The summed E-state index contributed by atoms with van der Waals surface area (Å²) in [6.45, 7) is 3.51. The van der Waals surface area contributed by atoms with E-state index >= 15 is 0 Å². The molecule has 1 fully saturated rings. The van der Waals surface area contributed by atoms with Crippen LogP contribution in [0.5, 0.6) is 0 Å². The molecule has 1 N–H and O–H groups in total. The molecule has 1 aromatic carbocycles. The summed E-state index contributed by atoms with van der Waals surface area (Å²) in [5.74, 6) is 0.322. The Balaban J connectivity index is 1.72.